The van der Waals surface area contributed by atoms with E-state index in [1.165, 1.54) is 23.1 Å². The molecule has 9 nitrogen and oxygen atoms in total. The second-order valence-electron chi connectivity index (χ2n) is 8.96. The Morgan fingerprint density at radius 3 is 2.68 bits per heavy atom. The normalized spacial score (nSPS) is 12.3. The Balaban J connectivity index is 1.38. The van der Waals surface area contributed by atoms with Gasteiger partial charge in [0.05, 0.1) is 30.9 Å². The van der Waals surface area contributed by atoms with Crippen LogP contribution in [0.1, 0.15) is 65.3 Å². The third-order valence-electron chi connectivity index (χ3n) is 6.17. The highest BCUT2D eigenvalue weighted by Crippen LogP contribution is 2.39. The zero-order chi connectivity index (χ0) is 26.9. The minimum Gasteiger partial charge on any atom is -0.462 e. The van der Waals surface area contributed by atoms with E-state index in [1.54, 1.807) is 6.92 Å². The number of carbonyl (C=O) groups is 3. The number of rotatable bonds is 13. The molecule has 0 saturated heterocycles. The Hall–Kier alpha value is -3.18. The Labute approximate surface area is 230 Å². The predicted molar refractivity (Wildman–Crippen MR) is 149 cm³/mol. The molecular formula is C27H33N5O4S2. The third kappa shape index (κ3) is 7.02. The lowest BCUT2D eigenvalue weighted by molar-refractivity contribution is -0.120. The van der Waals surface area contributed by atoms with Crippen molar-refractivity contribution >= 4 is 45.9 Å². The van der Waals surface area contributed by atoms with Gasteiger partial charge in [-0.3, -0.25) is 9.59 Å². The molecule has 0 radical (unpaired) electrons. The number of anilines is 1. The number of fused-ring (bicyclic) bond motifs is 1. The molecule has 0 atom stereocenters. The highest BCUT2D eigenvalue weighted by molar-refractivity contribution is 7.99. The molecule has 2 amide bonds. The van der Waals surface area contributed by atoms with Crippen molar-refractivity contribution in [2.45, 2.75) is 70.6 Å². The van der Waals surface area contributed by atoms with Crippen LogP contribution in [-0.2, 0) is 46.7 Å². The highest BCUT2D eigenvalue weighted by Gasteiger charge is 2.28. The van der Waals surface area contributed by atoms with Gasteiger partial charge in [0.2, 0.25) is 11.8 Å². The van der Waals surface area contributed by atoms with Crippen molar-refractivity contribution in [3.8, 4) is 0 Å². The first-order chi connectivity index (χ1) is 18.5. The van der Waals surface area contributed by atoms with E-state index in [0.29, 0.717) is 34.5 Å². The number of hydrogen-bond acceptors (Lipinski definition) is 8. The van der Waals surface area contributed by atoms with Gasteiger partial charge in [0, 0.05) is 11.4 Å². The van der Waals surface area contributed by atoms with E-state index in [4.69, 9.17) is 4.74 Å². The van der Waals surface area contributed by atoms with Gasteiger partial charge in [-0.25, -0.2) is 4.79 Å². The van der Waals surface area contributed by atoms with E-state index in [-0.39, 0.29) is 36.7 Å². The maximum Gasteiger partial charge on any atom is 0.341 e. The number of aromatic nitrogens is 3. The first kappa shape index (κ1) is 27.8. The van der Waals surface area contributed by atoms with Gasteiger partial charge in [0.15, 0.2) is 11.0 Å². The maximum atomic E-state index is 12.9. The molecule has 38 heavy (non-hydrogen) atoms. The van der Waals surface area contributed by atoms with Gasteiger partial charge in [-0.05, 0) is 43.7 Å². The van der Waals surface area contributed by atoms with Crippen LogP contribution in [0.5, 0.6) is 0 Å². The van der Waals surface area contributed by atoms with Crippen molar-refractivity contribution in [2.75, 3.05) is 17.7 Å². The van der Waals surface area contributed by atoms with Gasteiger partial charge < -0.3 is 19.9 Å². The average Bonchev–Trinajstić information content (AvgIpc) is 3.60. The second kappa shape index (κ2) is 13.6. The van der Waals surface area contributed by atoms with E-state index in [9.17, 15) is 14.4 Å². The largest absolute Gasteiger partial charge is 0.462 e. The van der Waals surface area contributed by atoms with Gasteiger partial charge in [-0.15, -0.1) is 21.5 Å². The van der Waals surface area contributed by atoms with Crippen molar-refractivity contribution in [3.05, 3.63) is 57.7 Å². The van der Waals surface area contributed by atoms with Crippen LogP contribution in [0.3, 0.4) is 0 Å². The molecule has 2 N–H and O–H groups in total. The molecule has 0 fully saturated rings. The van der Waals surface area contributed by atoms with Crippen molar-refractivity contribution in [1.82, 2.24) is 20.1 Å². The van der Waals surface area contributed by atoms with Crippen LogP contribution in [0.15, 0.2) is 35.5 Å². The summed E-state index contributed by atoms with van der Waals surface area (Å²) in [6.07, 6.45) is 4.97. The fourth-order valence-corrected chi connectivity index (χ4v) is 6.40. The minimum absolute atomic E-state index is 0.0879. The van der Waals surface area contributed by atoms with E-state index < -0.39 is 0 Å². The summed E-state index contributed by atoms with van der Waals surface area (Å²) in [6, 6.07) is 9.58. The Bertz CT molecular complexity index is 1270. The Morgan fingerprint density at radius 2 is 1.92 bits per heavy atom. The van der Waals surface area contributed by atoms with Crippen LogP contribution in [0, 0.1) is 0 Å². The maximum absolute atomic E-state index is 12.9. The summed E-state index contributed by atoms with van der Waals surface area (Å²) >= 11 is 2.76. The molecule has 1 aliphatic carbocycles. The summed E-state index contributed by atoms with van der Waals surface area (Å²) in [6.45, 7) is 5.12. The first-order valence-corrected chi connectivity index (χ1v) is 14.8. The number of hydrogen-bond donors (Lipinski definition) is 2. The molecule has 4 rings (SSSR count). The molecule has 11 heteroatoms. The molecule has 0 saturated carbocycles. The number of nitrogens with one attached hydrogen (secondary N) is 2. The highest BCUT2D eigenvalue weighted by atomic mass is 32.2. The van der Waals surface area contributed by atoms with Crippen LogP contribution in [0.2, 0.25) is 0 Å². The lowest BCUT2D eigenvalue weighted by atomic mass is 10.1. The van der Waals surface area contributed by atoms with Crippen LogP contribution in [0.25, 0.3) is 0 Å². The molecule has 2 heterocycles. The number of esters is 1. The SMILES string of the molecule is CCCCn1c(CNC(=O)Cc2ccccc2)nnc1SCC(=O)Nc1sc2c(c1C(=O)OCC)CCC2. The third-order valence-corrected chi connectivity index (χ3v) is 8.34. The number of nitrogens with zero attached hydrogens (tertiary/aromatic N) is 3. The number of thioether (sulfide) groups is 1. The van der Waals surface area contributed by atoms with E-state index in [0.717, 1.165) is 48.1 Å². The minimum atomic E-state index is -0.381. The summed E-state index contributed by atoms with van der Waals surface area (Å²) in [5, 5.41) is 15.6. The van der Waals surface area contributed by atoms with Crippen LogP contribution < -0.4 is 10.6 Å². The van der Waals surface area contributed by atoms with Crippen molar-refractivity contribution in [2.24, 2.45) is 0 Å². The molecular weight excluding hydrogens is 522 g/mol. The zero-order valence-electron chi connectivity index (χ0n) is 21.7. The van der Waals surface area contributed by atoms with Crippen LogP contribution in [0.4, 0.5) is 5.00 Å². The van der Waals surface area contributed by atoms with Gasteiger partial charge in [-0.1, -0.05) is 55.4 Å². The van der Waals surface area contributed by atoms with E-state index >= 15 is 0 Å². The lowest BCUT2D eigenvalue weighted by Gasteiger charge is -2.11. The van der Waals surface area contributed by atoms with Crippen LogP contribution >= 0.6 is 23.1 Å². The van der Waals surface area contributed by atoms with Crippen molar-refractivity contribution < 1.29 is 19.1 Å². The fraction of sp³-hybridized carbons (Fsp3) is 0.444. The molecule has 0 aliphatic heterocycles. The number of amides is 2. The Morgan fingerprint density at radius 1 is 1.11 bits per heavy atom. The molecule has 202 valence electrons. The quantitative estimate of drug-likeness (QED) is 0.237. The predicted octanol–water partition coefficient (Wildman–Crippen LogP) is 4.39. The van der Waals surface area contributed by atoms with Gasteiger partial charge in [0.25, 0.3) is 0 Å². The number of unbranched alkanes of at least 4 members (excludes halogenated alkanes) is 1. The first-order valence-electron chi connectivity index (χ1n) is 13.0. The van der Waals surface area contributed by atoms with Gasteiger partial charge >= 0.3 is 5.97 Å². The number of carbonyl (C=O) groups excluding carboxylic acids is 3. The standard InChI is InChI=1S/C27H33N5O4S2/c1-3-5-14-32-21(16-28-22(33)15-18-10-7-6-8-11-18)30-31-27(32)37-17-23(34)29-25-24(26(35)36-4-2)19-12-9-13-20(19)38-25/h6-8,10-11H,3-5,9,12-17H2,1-2H3,(H,28,33)(H,29,34). The van der Waals surface area contributed by atoms with Gasteiger partial charge in [-0.2, -0.15) is 0 Å². The molecule has 2 aromatic heterocycles. The second-order valence-corrected chi connectivity index (χ2v) is 11.0. The zero-order valence-corrected chi connectivity index (χ0v) is 23.4. The summed E-state index contributed by atoms with van der Waals surface area (Å²) in [5.74, 6) is 0.0867. The van der Waals surface area contributed by atoms with E-state index in [2.05, 4.69) is 27.8 Å². The molecule has 0 spiro atoms. The number of thiophene rings is 1. The van der Waals surface area contributed by atoms with E-state index in [1.807, 2.05) is 34.9 Å². The number of benzene rings is 1. The number of ether oxygens (including phenoxy) is 1. The molecule has 1 aromatic carbocycles. The monoisotopic (exact) mass is 555 g/mol. The molecule has 1 aliphatic rings. The summed E-state index contributed by atoms with van der Waals surface area (Å²) in [7, 11) is 0. The van der Waals surface area contributed by atoms with Crippen molar-refractivity contribution in [3.63, 3.8) is 0 Å². The lowest BCUT2D eigenvalue weighted by Crippen LogP contribution is -2.26. The summed E-state index contributed by atoms with van der Waals surface area (Å²) in [4.78, 5) is 39.0. The fourth-order valence-electron chi connectivity index (χ4n) is 4.32. The molecule has 0 bridgehead atoms. The molecule has 3 aromatic rings. The number of aryl methyl sites for hydroxylation is 1. The Kier molecular flexibility index (Phi) is 9.94. The molecule has 0 unspecified atom stereocenters. The van der Waals surface area contributed by atoms with Crippen LogP contribution in [-0.4, -0.2) is 44.9 Å². The topological polar surface area (TPSA) is 115 Å². The smallest absolute Gasteiger partial charge is 0.341 e. The van der Waals surface area contributed by atoms with Crippen molar-refractivity contribution in [1.29, 1.82) is 0 Å². The summed E-state index contributed by atoms with van der Waals surface area (Å²) in [5.41, 5.74) is 2.46. The van der Waals surface area contributed by atoms with Gasteiger partial charge in [0.1, 0.15) is 5.00 Å². The average molecular weight is 556 g/mol. The summed E-state index contributed by atoms with van der Waals surface area (Å²) < 4.78 is 7.22.